The first-order valence-electron chi connectivity index (χ1n) is 8.44. The molecule has 136 valence electrons. The maximum atomic E-state index is 12.8. The fourth-order valence-electron chi connectivity index (χ4n) is 2.75. The number of aromatic nitrogens is 2. The summed E-state index contributed by atoms with van der Waals surface area (Å²) in [5.41, 5.74) is 1.57. The third kappa shape index (κ3) is 4.04. The van der Waals surface area contributed by atoms with E-state index in [1.54, 1.807) is 29.8 Å². The van der Waals surface area contributed by atoms with Gasteiger partial charge in [-0.2, -0.15) is 0 Å². The maximum absolute atomic E-state index is 12.8. The number of carbonyl (C=O) groups excluding carboxylic acids is 1. The van der Waals surface area contributed by atoms with Gasteiger partial charge in [0.05, 0.1) is 6.54 Å². The van der Waals surface area contributed by atoms with Crippen LogP contribution in [0.1, 0.15) is 25.9 Å². The van der Waals surface area contributed by atoms with Gasteiger partial charge >= 0.3 is 0 Å². The van der Waals surface area contributed by atoms with E-state index in [1.165, 1.54) is 16.6 Å². The highest BCUT2D eigenvalue weighted by Crippen LogP contribution is 2.31. The van der Waals surface area contributed by atoms with E-state index in [1.807, 2.05) is 30.3 Å². The van der Waals surface area contributed by atoms with Gasteiger partial charge < -0.3 is 9.73 Å². The molecule has 3 aromatic heterocycles. The van der Waals surface area contributed by atoms with E-state index in [-0.39, 0.29) is 5.91 Å². The van der Waals surface area contributed by atoms with E-state index >= 15 is 0 Å². The van der Waals surface area contributed by atoms with Crippen molar-refractivity contribution in [3.05, 3.63) is 75.9 Å². The SMILES string of the molecule is Cc1ccc(CNC(=O)c2oc3ccccc3c2CSc2ncccn2)s1. The van der Waals surface area contributed by atoms with Crippen LogP contribution in [0.3, 0.4) is 0 Å². The van der Waals surface area contributed by atoms with Gasteiger partial charge in [0, 0.05) is 38.9 Å². The summed E-state index contributed by atoms with van der Waals surface area (Å²) in [7, 11) is 0. The Balaban J connectivity index is 1.58. The Morgan fingerprint density at radius 3 is 2.74 bits per heavy atom. The van der Waals surface area contributed by atoms with Crippen LogP contribution in [-0.2, 0) is 12.3 Å². The zero-order valence-electron chi connectivity index (χ0n) is 14.6. The normalized spacial score (nSPS) is 11.0. The highest BCUT2D eigenvalue weighted by Gasteiger charge is 2.20. The maximum Gasteiger partial charge on any atom is 0.287 e. The van der Waals surface area contributed by atoms with Gasteiger partial charge in [0.2, 0.25) is 0 Å². The average Bonchev–Trinajstić information content (AvgIpc) is 3.28. The van der Waals surface area contributed by atoms with Crippen molar-refractivity contribution < 1.29 is 9.21 Å². The summed E-state index contributed by atoms with van der Waals surface area (Å²) < 4.78 is 5.88. The summed E-state index contributed by atoms with van der Waals surface area (Å²) in [4.78, 5) is 23.6. The summed E-state index contributed by atoms with van der Waals surface area (Å²) in [5, 5.41) is 4.58. The summed E-state index contributed by atoms with van der Waals surface area (Å²) in [6.07, 6.45) is 3.42. The third-order valence-electron chi connectivity index (χ3n) is 4.01. The molecule has 0 aliphatic rings. The molecule has 3 heterocycles. The van der Waals surface area contributed by atoms with Crippen molar-refractivity contribution in [2.45, 2.75) is 24.4 Å². The van der Waals surface area contributed by atoms with Crippen LogP contribution in [0.5, 0.6) is 0 Å². The predicted molar refractivity (Wildman–Crippen MR) is 108 cm³/mol. The van der Waals surface area contributed by atoms with Crippen LogP contribution in [0.15, 0.2) is 64.4 Å². The second-order valence-electron chi connectivity index (χ2n) is 5.92. The molecule has 27 heavy (non-hydrogen) atoms. The molecule has 0 atom stereocenters. The molecule has 0 bridgehead atoms. The number of amides is 1. The number of thiophene rings is 1. The summed E-state index contributed by atoms with van der Waals surface area (Å²) in [6.45, 7) is 2.54. The van der Waals surface area contributed by atoms with Gasteiger partial charge in [-0.1, -0.05) is 30.0 Å². The molecular weight excluding hydrogens is 378 g/mol. The molecule has 0 fully saturated rings. The van der Waals surface area contributed by atoms with Gasteiger partial charge in [-0.05, 0) is 31.2 Å². The summed E-state index contributed by atoms with van der Waals surface area (Å²) >= 11 is 3.16. The highest BCUT2D eigenvalue weighted by molar-refractivity contribution is 7.98. The van der Waals surface area contributed by atoms with Crippen molar-refractivity contribution in [2.24, 2.45) is 0 Å². The molecule has 0 radical (unpaired) electrons. The molecule has 1 N–H and O–H groups in total. The zero-order valence-corrected chi connectivity index (χ0v) is 16.3. The quantitative estimate of drug-likeness (QED) is 0.375. The summed E-state index contributed by atoms with van der Waals surface area (Å²) in [6, 6.07) is 13.6. The number of hydrogen-bond donors (Lipinski definition) is 1. The first kappa shape index (κ1) is 17.8. The molecule has 0 aliphatic heterocycles. The number of aryl methyl sites for hydroxylation is 1. The Morgan fingerprint density at radius 1 is 1.15 bits per heavy atom. The lowest BCUT2D eigenvalue weighted by Crippen LogP contribution is -2.22. The number of fused-ring (bicyclic) bond motifs is 1. The van der Waals surface area contributed by atoms with Crippen LogP contribution in [0.4, 0.5) is 0 Å². The molecule has 4 rings (SSSR count). The molecule has 7 heteroatoms. The van der Waals surface area contributed by atoms with Gasteiger partial charge in [0.1, 0.15) is 5.58 Å². The fourth-order valence-corrected chi connectivity index (χ4v) is 4.41. The van der Waals surface area contributed by atoms with Gasteiger partial charge in [-0.25, -0.2) is 9.97 Å². The minimum absolute atomic E-state index is 0.207. The Morgan fingerprint density at radius 2 is 1.96 bits per heavy atom. The molecule has 1 aromatic carbocycles. The van der Waals surface area contributed by atoms with Crippen molar-refractivity contribution >= 4 is 40.0 Å². The number of nitrogens with zero attached hydrogens (tertiary/aromatic N) is 2. The topological polar surface area (TPSA) is 68.0 Å². The first-order chi connectivity index (χ1) is 13.2. The number of furan rings is 1. The van der Waals surface area contributed by atoms with Crippen LogP contribution in [-0.4, -0.2) is 15.9 Å². The Hall–Kier alpha value is -2.64. The van der Waals surface area contributed by atoms with Crippen LogP contribution in [0, 0.1) is 6.92 Å². The van der Waals surface area contributed by atoms with E-state index in [9.17, 15) is 4.79 Å². The number of hydrogen-bond acceptors (Lipinski definition) is 6. The summed E-state index contributed by atoms with van der Waals surface area (Å²) in [5.74, 6) is 0.705. The monoisotopic (exact) mass is 395 g/mol. The first-order valence-corrected chi connectivity index (χ1v) is 10.2. The molecular formula is C20H17N3O2S2. The van der Waals surface area contributed by atoms with E-state index in [2.05, 4.69) is 28.3 Å². The Kier molecular flexibility index (Phi) is 5.22. The molecule has 0 saturated heterocycles. The van der Waals surface area contributed by atoms with Crippen LogP contribution >= 0.6 is 23.1 Å². The van der Waals surface area contributed by atoms with E-state index in [4.69, 9.17) is 4.42 Å². The smallest absolute Gasteiger partial charge is 0.287 e. The number of rotatable bonds is 6. The van der Waals surface area contributed by atoms with E-state index in [0.717, 1.165) is 15.8 Å². The Bertz CT molecular complexity index is 1070. The lowest BCUT2D eigenvalue weighted by atomic mass is 10.1. The lowest BCUT2D eigenvalue weighted by Gasteiger charge is -2.04. The van der Waals surface area contributed by atoms with Crippen molar-refractivity contribution in [2.75, 3.05) is 0 Å². The third-order valence-corrected chi connectivity index (χ3v) is 5.91. The number of para-hydroxylation sites is 1. The molecule has 0 saturated carbocycles. The predicted octanol–water partition coefficient (Wildman–Crippen LogP) is 4.82. The second kappa shape index (κ2) is 7.94. The fraction of sp³-hybridized carbons (Fsp3) is 0.150. The molecule has 0 spiro atoms. The van der Waals surface area contributed by atoms with Gasteiger partial charge in [0.15, 0.2) is 10.9 Å². The molecule has 5 nitrogen and oxygen atoms in total. The number of nitrogens with one attached hydrogen (secondary N) is 1. The largest absolute Gasteiger partial charge is 0.451 e. The van der Waals surface area contributed by atoms with Crippen LogP contribution < -0.4 is 5.32 Å². The van der Waals surface area contributed by atoms with Crippen molar-refractivity contribution in [3.8, 4) is 0 Å². The van der Waals surface area contributed by atoms with Gasteiger partial charge in [0.25, 0.3) is 5.91 Å². The van der Waals surface area contributed by atoms with Crippen molar-refractivity contribution in [1.82, 2.24) is 15.3 Å². The molecule has 4 aromatic rings. The lowest BCUT2D eigenvalue weighted by molar-refractivity contribution is 0.0925. The molecule has 0 aliphatic carbocycles. The van der Waals surface area contributed by atoms with Gasteiger partial charge in [-0.15, -0.1) is 11.3 Å². The van der Waals surface area contributed by atoms with Crippen molar-refractivity contribution in [1.29, 1.82) is 0 Å². The highest BCUT2D eigenvalue weighted by atomic mass is 32.2. The van der Waals surface area contributed by atoms with Gasteiger partial charge in [-0.3, -0.25) is 4.79 Å². The standard InChI is InChI=1S/C20H17N3O2S2/c1-13-7-8-14(27-13)11-23-19(24)18-16(12-26-20-21-9-4-10-22-20)15-5-2-3-6-17(15)25-18/h2-10H,11-12H2,1H3,(H,23,24). The Labute approximate surface area is 164 Å². The average molecular weight is 396 g/mol. The van der Waals surface area contributed by atoms with E-state index < -0.39 is 0 Å². The number of carbonyl (C=O) groups is 1. The minimum atomic E-state index is -0.207. The van der Waals surface area contributed by atoms with Crippen LogP contribution in [0.2, 0.25) is 0 Å². The minimum Gasteiger partial charge on any atom is -0.451 e. The number of thioether (sulfide) groups is 1. The molecule has 1 amide bonds. The number of benzene rings is 1. The van der Waals surface area contributed by atoms with Crippen LogP contribution in [0.25, 0.3) is 11.0 Å². The zero-order chi connectivity index (χ0) is 18.6. The second-order valence-corrected chi connectivity index (χ2v) is 8.24. The molecule has 0 unspecified atom stereocenters. The van der Waals surface area contributed by atoms with Crippen molar-refractivity contribution in [3.63, 3.8) is 0 Å². The van der Waals surface area contributed by atoms with E-state index in [0.29, 0.717) is 28.8 Å².